The van der Waals surface area contributed by atoms with Crippen molar-refractivity contribution in [3.8, 4) is 0 Å². The van der Waals surface area contributed by atoms with Gasteiger partial charge in [0.15, 0.2) is 0 Å². The lowest BCUT2D eigenvalue weighted by Crippen LogP contribution is -2.41. The van der Waals surface area contributed by atoms with Crippen LogP contribution in [0.4, 0.5) is 0 Å². The maximum absolute atomic E-state index is 12.2. The molecule has 2 rings (SSSR count). The molecule has 2 aromatic rings. The van der Waals surface area contributed by atoms with Crippen molar-refractivity contribution < 1.29 is 4.79 Å². The van der Waals surface area contributed by atoms with Gasteiger partial charge in [0.1, 0.15) is 5.69 Å². The molecule has 0 saturated heterocycles. The summed E-state index contributed by atoms with van der Waals surface area (Å²) < 4.78 is 1.94. The largest absolute Gasteiger partial charge is 0.346 e. The monoisotopic (exact) mass is 244 g/mol. The number of hydrogen-bond acceptors (Lipinski definition) is 1. The van der Waals surface area contributed by atoms with E-state index in [4.69, 9.17) is 0 Å². The van der Waals surface area contributed by atoms with Gasteiger partial charge in [0.05, 0.1) is 0 Å². The Hall–Kier alpha value is -1.77. The number of carbonyl (C=O) groups excluding carboxylic acids is 1. The lowest BCUT2D eigenvalue weighted by molar-refractivity contribution is 0.0911. The molecule has 0 aliphatic heterocycles. The Balaban J connectivity index is 2.46. The molecule has 0 aliphatic rings. The number of rotatable bonds is 1. The van der Waals surface area contributed by atoms with Gasteiger partial charge in [-0.3, -0.25) is 4.79 Å². The first-order chi connectivity index (χ1) is 8.28. The van der Waals surface area contributed by atoms with Crippen LogP contribution in [0.25, 0.3) is 10.9 Å². The van der Waals surface area contributed by atoms with Crippen LogP contribution in [-0.4, -0.2) is 16.0 Å². The van der Waals surface area contributed by atoms with Crippen LogP contribution in [-0.2, 0) is 7.05 Å². The Kier molecular flexibility index (Phi) is 2.93. The van der Waals surface area contributed by atoms with Crippen LogP contribution in [0, 0.1) is 6.92 Å². The number of hydrogen-bond donors (Lipinski definition) is 1. The van der Waals surface area contributed by atoms with Gasteiger partial charge in [0.2, 0.25) is 0 Å². The second-order valence-corrected chi connectivity index (χ2v) is 5.85. The number of carbonyl (C=O) groups is 1. The summed E-state index contributed by atoms with van der Waals surface area (Å²) in [4.78, 5) is 12.2. The minimum atomic E-state index is -0.219. The maximum Gasteiger partial charge on any atom is 0.268 e. The molecule has 1 N–H and O–H groups in total. The Morgan fingerprint density at radius 1 is 1.22 bits per heavy atom. The molecule has 0 spiro atoms. The van der Waals surface area contributed by atoms with Crippen molar-refractivity contribution in [2.75, 3.05) is 0 Å². The van der Waals surface area contributed by atoms with Gasteiger partial charge in [-0.25, -0.2) is 0 Å². The zero-order chi connectivity index (χ0) is 13.5. The number of nitrogens with zero attached hydrogens (tertiary/aromatic N) is 1. The van der Waals surface area contributed by atoms with Gasteiger partial charge in [-0.1, -0.05) is 11.6 Å². The fraction of sp³-hybridized carbons (Fsp3) is 0.400. The topological polar surface area (TPSA) is 34.0 Å². The summed E-state index contributed by atoms with van der Waals surface area (Å²) in [6.07, 6.45) is 0. The van der Waals surface area contributed by atoms with Crippen LogP contribution in [0.2, 0.25) is 0 Å². The second kappa shape index (κ2) is 4.16. The molecule has 3 nitrogen and oxygen atoms in total. The number of aryl methyl sites for hydroxylation is 2. The third kappa shape index (κ3) is 2.40. The molecular formula is C15H20N2O. The highest BCUT2D eigenvalue weighted by Crippen LogP contribution is 2.20. The van der Waals surface area contributed by atoms with Crippen molar-refractivity contribution in [3.05, 3.63) is 35.5 Å². The van der Waals surface area contributed by atoms with Gasteiger partial charge < -0.3 is 9.88 Å². The Morgan fingerprint density at radius 2 is 1.89 bits per heavy atom. The molecule has 1 aromatic heterocycles. The quantitative estimate of drug-likeness (QED) is 0.822. The Bertz CT molecular complexity index is 603. The maximum atomic E-state index is 12.2. The Morgan fingerprint density at radius 3 is 2.50 bits per heavy atom. The first-order valence-corrected chi connectivity index (χ1v) is 6.16. The summed E-state index contributed by atoms with van der Waals surface area (Å²) in [7, 11) is 1.93. The summed E-state index contributed by atoms with van der Waals surface area (Å²) >= 11 is 0. The molecule has 0 radical (unpaired) electrons. The molecule has 0 bridgehead atoms. The highest BCUT2D eigenvalue weighted by molar-refractivity contribution is 5.99. The molecule has 96 valence electrons. The first-order valence-electron chi connectivity index (χ1n) is 6.16. The molecule has 0 saturated carbocycles. The summed E-state index contributed by atoms with van der Waals surface area (Å²) in [6.45, 7) is 8.01. The van der Waals surface area contributed by atoms with Crippen molar-refractivity contribution in [2.45, 2.75) is 33.2 Å². The molecule has 3 heteroatoms. The smallest absolute Gasteiger partial charge is 0.268 e. The lowest BCUT2D eigenvalue weighted by Gasteiger charge is -2.20. The predicted molar refractivity (Wildman–Crippen MR) is 74.9 cm³/mol. The van der Waals surface area contributed by atoms with E-state index < -0.39 is 0 Å². The van der Waals surface area contributed by atoms with Crippen LogP contribution in [0.1, 0.15) is 36.8 Å². The molecule has 0 fully saturated rings. The van der Waals surface area contributed by atoms with E-state index in [0.717, 1.165) is 10.9 Å². The minimum absolute atomic E-state index is 0.0288. The fourth-order valence-electron chi connectivity index (χ4n) is 2.09. The molecule has 0 aliphatic carbocycles. The molecule has 1 aromatic carbocycles. The molecule has 0 atom stereocenters. The van der Waals surface area contributed by atoms with Crippen LogP contribution in [0.15, 0.2) is 24.3 Å². The van der Waals surface area contributed by atoms with E-state index in [1.54, 1.807) is 0 Å². The number of amides is 1. The van der Waals surface area contributed by atoms with E-state index in [-0.39, 0.29) is 11.4 Å². The van der Waals surface area contributed by atoms with Crippen molar-refractivity contribution in [3.63, 3.8) is 0 Å². The number of aromatic nitrogens is 1. The molecular weight excluding hydrogens is 224 g/mol. The van der Waals surface area contributed by atoms with E-state index in [1.165, 1.54) is 5.56 Å². The average molecular weight is 244 g/mol. The zero-order valence-corrected chi connectivity index (χ0v) is 11.7. The summed E-state index contributed by atoms with van der Waals surface area (Å²) in [5.74, 6) is -0.0288. The third-order valence-corrected chi connectivity index (χ3v) is 2.92. The highest BCUT2D eigenvalue weighted by atomic mass is 16.2. The summed E-state index contributed by atoms with van der Waals surface area (Å²) in [5.41, 5.74) is 2.77. The normalized spacial score (nSPS) is 11.8. The number of nitrogens with one attached hydrogen (secondary N) is 1. The van der Waals surface area contributed by atoms with Crippen molar-refractivity contribution in [2.24, 2.45) is 7.05 Å². The second-order valence-electron chi connectivity index (χ2n) is 5.85. The van der Waals surface area contributed by atoms with Crippen LogP contribution in [0.3, 0.4) is 0 Å². The molecule has 1 amide bonds. The zero-order valence-electron chi connectivity index (χ0n) is 11.7. The van der Waals surface area contributed by atoms with Gasteiger partial charge in [0, 0.05) is 23.5 Å². The molecule has 18 heavy (non-hydrogen) atoms. The van der Waals surface area contributed by atoms with Gasteiger partial charge in [-0.05, 0) is 45.9 Å². The van der Waals surface area contributed by atoms with Crippen LogP contribution >= 0.6 is 0 Å². The van der Waals surface area contributed by atoms with E-state index >= 15 is 0 Å². The van der Waals surface area contributed by atoms with Crippen LogP contribution in [0.5, 0.6) is 0 Å². The van der Waals surface area contributed by atoms with E-state index in [2.05, 4.69) is 30.4 Å². The Labute approximate surface area is 108 Å². The van der Waals surface area contributed by atoms with Crippen molar-refractivity contribution in [1.29, 1.82) is 0 Å². The number of benzene rings is 1. The minimum Gasteiger partial charge on any atom is -0.346 e. The predicted octanol–water partition coefficient (Wildman–Crippen LogP) is 3.02. The van der Waals surface area contributed by atoms with Gasteiger partial charge in [-0.2, -0.15) is 0 Å². The number of fused-ring (bicyclic) bond motifs is 1. The standard InChI is InChI=1S/C15H20N2O/c1-10-6-7-12-11(8-10)9-13(17(12)5)14(18)16-15(2,3)4/h6-9H,1-5H3,(H,16,18). The summed E-state index contributed by atoms with van der Waals surface area (Å²) in [6, 6.07) is 8.17. The summed E-state index contributed by atoms with van der Waals surface area (Å²) in [5, 5.41) is 4.10. The average Bonchev–Trinajstić information content (AvgIpc) is 2.53. The van der Waals surface area contributed by atoms with E-state index in [1.807, 2.05) is 38.5 Å². The molecule has 0 unspecified atom stereocenters. The van der Waals surface area contributed by atoms with Gasteiger partial charge in [0.25, 0.3) is 5.91 Å². The third-order valence-electron chi connectivity index (χ3n) is 2.92. The van der Waals surface area contributed by atoms with Crippen molar-refractivity contribution >= 4 is 16.8 Å². The van der Waals surface area contributed by atoms with E-state index in [0.29, 0.717) is 5.69 Å². The SMILES string of the molecule is Cc1ccc2c(c1)cc(C(=O)NC(C)(C)C)n2C. The lowest BCUT2D eigenvalue weighted by atomic mass is 10.1. The van der Waals surface area contributed by atoms with E-state index in [9.17, 15) is 4.79 Å². The van der Waals surface area contributed by atoms with Crippen molar-refractivity contribution in [1.82, 2.24) is 9.88 Å². The van der Waals surface area contributed by atoms with Gasteiger partial charge >= 0.3 is 0 Å². The van der Waals surface area contributed by atoms with Gasteiger partial charge in [-0.15, -0.1) is 0 Å². The molecule has 1 heterocycles. The fourth-order valence-corrected chi connectivity index (χ4v) is 2.09. The van der Waals surface area contributed by atoms with Crippen LogP contribution < -0.4 is 5.32 Å². The first kappa shape index (κ1) is 12.7. The highest BCUT2D eigenvalue weighted by Gasteiger charge is 2.18.